The second kappa shape index (κ2) is 6.02. The van der Waals surface area contributed by atoms with Crippen LogP contribution in [0.25, 0.3) is 0 Å². The largest absolute Gasteiger partial charge is 0.448 e. The first-order chi connectivity index (χ1) is 11.6. The Bertz CT molecular complexity index is 804. The SMILES string of the molecule is Cc1ccc2c(c1)C(=O)OC(C(=O)Nc1nc3c(s1)CCCC3)C2. The molecule has 1 N–H and O–H groups in total. The summed E-state index contributed by atoms with van der Waals surface area (Å²) in [6, 6.07) is 5.65. The van der Waals surface area contributed by atoms with Gasteiger partial charge in [0.2, 0.25) is 0 Å². The molecule has 1 aliphatic carbocycles. The number of amides is 1. The molecule has 5 nitrogen and oxygen atoms in total. The van der Waals surface area contributed by atoms with Gasteiger partial charge in [-0.3, -0.25) is 10.1 Å². The number of fused-ring (bicyclic) bond motifs is 2. The van der Waals surface area contributed by atoms with E-state index in [1.165, 1.54) is 22.6 Å². The maximum atomic E-state index is 12.5. The predicted molar refractivity (Wildman–Crippen MR) is 91.5 cm³/mol. The molecule has 1 aromatic carbocycles. The molecular weight excluding hydrogens is 324 g/mol. The summed E-state index contributed by atoms with van der Waals surface area (Å²) in [5, 5.41) is 3.43. The highest BCUT2D eigenvalue weighted by Gasteiger charge is 2.32. The fourth-order valence-corrected chi connectivity index (χ4v) is 4.28. The molecular formula is C18H18N2O3S. The molecule has 0 radical (unpaired) electrons. The molecule has 124 valence electrons. The van der Waals surface area contributed by atoms with Gasteiger partial charge < -0.3 is 4.74 Å². The van der Waals surface area contributed by atoms with Gasteiger partial charge in [0.05, 0.1) is 11.3 Å². The van der Waals surface area contributed by atoms with Crippen LogP contribution in [0.1, 0.15) is 44.9 Å². The topological polar surface area (TPSA) is 68.3 Å². The van der Waals surface area contributed by atoms with Crippen molar-refractivity contribution in [2.75, 3.05) is 5.32 Å². The van der Waals surface area contributed by atoms with Crippen molar-refractivity contribution in [3.63, 3.8) is 0 Å². The molecule has 6 heteroatoms. The van der Waals surface area contributed by atoms with Gasteiger partial charge in [0.15, 0.2) is 11.2 Å². The molecule has 1 aliphatic heterocycles. The minimum absolute atomic E-state index is 0.305. The number of hydrogen-bond acceptors (Lipinski definition) is 5. The third-order valence-corrected chi connectivity index (χ3v) is 5.58. The van der Waals surface area contributed by atoms with Gasteiger partial charge >= 0.3 is 5.97 Å². The van der Waals surface area contributed by atoms with Crippen LogP contribution < -0.4 is 5.32 Å². The number of rotatable bonds is 2. The van der Waals surface area contributed by atoms with Crippen LogP contribution in [-0.2, 0) is 28.8 Å². The van der Waals surface area contributed by atoms with Gasteiger partial charge in [-0.1, -0.05) is 17.7 Å². The van der Waals surface area contributed by atoms with Crippen molar-refractivity contribution in [2.24, 2.45) is 0 Å². The molecule has 0 fully saturated rings. The number of carbonyl (C=O) groups excluding carboxylic acids is 2. The Labute approximate surface area is 144 Å². The van der Waals surface area contributed by atoms with Gasteiger partial charge in [-0.2, -0.15) is 0 Å². The molecule has 4 rings (SSSR count). The number of nitrogens with one attached hydrogen (secondary N) is 1. The fraction of sp³-hybridized carbons (Fsp3) is 0.389. The maximum absolute atomic E-state index is 12.5. The molecule has 2 heterocycles. The summed E-state index contributed by atoms with van der Waals surface area (Å²) < 4.78 is 5.33. The Hall–Kier alpha value is -2.21. The zero-order chi connectivity index (χ0) is 16.7. The molecule has 0 saturated heterocycles. The van der Waals surface area contributed by atoms with Crippen molar-refractivity contribution in [3.05, 3.63) is 45.5 Å². The van der Waals surface area contributed by atoms with Crippen molar-refractivity contribution in [1.82, 2.24) is 4.98 Å². The smallest absolute Gasteiger partial charge is 0.339 e. The second-order valence-corrected chi connectivity index (χ2v) is 7.43. The predicted octanol–water partition coefficient (Wildman–Crippen LogP) is 3.05. The number of esters is 1. The summed E-state index contributed by atoms with van der Waals surface area (Å²) in [6.45, 7) is 1.93. The number of benzene rings is 1. The number of anilines is 1. The highest BCUT2D eigenvalue weighted by Crippen LogP contribution is 2.30. The highest BCUT2D eigenvalue weighted by atomic mass is 32.1. The van der Waals surface area contributed by atoms with Gasteiger partial charge in [-0.05, 0) is 44.2 Å². The quantitative estimate of drug-likeness (QED) is 0.852. The summed E-state index contributed by atoms with van der Waals surface area (Å²) in [5.74, 6) is -0.737. The molecule has 24 heavy (non-hydrogen) atoms. The maximum Gasteiger partial charge on any atom is 0.339 e. The van der Waals surface area contributed by atoms with Crippen LogP contribution in [0.3, 0.4) is 0 Å². The van der Waals surface area contributed by atoms with E-state index in [-0.39, 0.29) is 5.91 Å². The van der Waals surface area contributed by atoms with E-state index in [1.54, 1.807) is 6.07 Å². The van der Waals surface area contributed by atoms with Gasteiger partial charge in [-0.15, -0.1) is 11.3 Å². The monoisotopic (exact) mass is 342 g/mol. The average Bonchev–Trinajstić information content (AvgIpc) is 2.97. The lowest BCUT2D eigenvalue weighted by molar-refractivity contribution is -0.125. The first-order valence-corrected chi connectivity index (χ1v) is 9.02. The number of thiazole rings is 1. The molecule has 1 amide bonds. The van der Waals surface area contributed by atoms with Crippen molar-refractivity contribution < 1.29 is 14.3 Å². The van der Waals surface area contributed by atoms with Gasteiger partial charge in [-0.25, -0.2) is 9.78 Å². The number of nitrogens with zero attached hydrogens (tertiary/aromatic N) is 1. The van der Waals surface area contributed by atoms with Crippen LogP contribution in [0.15, 0.2) is 18.2 Å². The number of carbonyl (C=O) groups is 2. The van der Waals surface area contributed by atoms with Crippen molar-refractivity contribution in [3.8, 4) is 0 Å². The average molecular weight is 342 g/mol. The number of ether oxygens (including phenoxy) is 1. The molecule has 0 spiro atoms. The summed E-state index contributed by atoms with van der Waals surface area (Å²) in [5.41, 5.74) is 3.52. The van der Waals surface area contributed by atoms with E-state index in [0.29, 0.717) is 17.1 Å². The lowest BCUT2D eigenvalue weighted by atomic mass is 9.96. The van der Waals surface area contributed by atoms with E-state index in [4.69, 9.17) is 4.74 Å². The summed E-state index contributed by atoms with van der Waals surface area (Å²) >= 11 is 1.53. The van der Waals surface area contributed by atoms with Gasteiger partial charge in [0.1, 0.15) is 0 Å². The molecule has 2 aromatic rings. The first-order valence-electron chi connectivity index (χ1n) is 8.20. The molecule has 0 saturated carbocycles. The van der Waals surface area contributed by atoms with Crippen LogP contribution in [-0.4, -0.2) is 23.0 Å². The van der Waals surface area contributed by atoms with E-state index in [0.717, 1.165) is 36.1 Å². The minimum atomic E-state index is -0.798. The Balaban J connectivity index is 1.50. The zero-order valence-corrected chi connectivity index (χ0v) is 14.2. The fourth-order valence-electron chi connectivity index (χ4n) is 3.23. The number of cyclic esters (lactones) is 1. The summed E-state index contributed by atoms with van der Waals surface area (Å²) in [7, 11) is 0. The molecule has 1 atom stereocenters. The number of aryl methyl sites for hydroxylation is 3. The Kier molecular flexibility index (Phi) is 3.84. The zero-order valence-electron chi connectivity index (χ0n) is 13.4. The normalized spacial score (nSPS) is 19.2. The third-order valence-electron chi connectivity index (χ3n) is 4.51. The Morgan fingerprint density at radius 1 is 1.33 bits per heavy atom. The molecule has 2 aliphatic rings. The first kappa shape index (κ1) is 15.3. The van der Waals surface area contributed by atoms with Crippen LogP contribution in [0.5, 0.6) is 0 Å². The van der Waals surface area contributed by atoms with Crippen molar-refractivity contribution in [2.45, 2.75) is 45.1 Å². The van der Waals surface area contributed by atoms with E-state index >= 15 is 0 Å². The number of hydrogen-bond donors (Lipinski definition) is 1. The van der Waals surface area contributed by atoms with Crippen LogP contribution in [0.4, 0.5) is 5.13 Å². The third kappa shape index (κ3) is 2.82. The van der Waals surface area contributed by atoms with Crippen molar-refractivity contribution >= 4 is 28.3 Å². The van der Waals surface area contributed by atoms with Crippen LogP contribution in [0.2, 0.25) is 0 Å². The molecule has 1 aromatic heterocycles. The lowest BCUT2D eigenvalue weighted by Gasteiger charge is -2.23. The van der Waals surface area contributed by atoms with E-state index in [1.807, 2.05) is 19.1 Å². The van der Waals surface area contributed by atoms with Crippen LogP contribution in [0, 0.1) is 6.92 Å². The Morgan fingerprint density at radius 2 is 2.17 bits per heavy atom. The lowest BCUT2D eigenvalue weighted by Crippen LogP contribution is -2.38. The van der Waals surface area contributed by atoms with E-state index < -0.39 is 12.1 Å². The minimum Gasteiger partial charge on any atom is -0.448 e. The highest BCUT2D eigenvalue weighted by molar-refractivity contribution is 7.15. The van der Waals surface area contributed by atoms with Gasteiger partial charge in [0, 0.05) is 11.3 Å². The molecule has 1 unspecified atom stereocenters. The second-order valence-electron chi connectivity index (χ2n) is 6.34. The van der Waals surface area contributed by atoms with Gasteiger partial charge in [0.25, 0.3) is 5.91 Å². The number of aromatic nitrogens is 1. The van der Waals surface area contributed by atoms with E-state index in [9.17, 15) is 9.59 Å². The summed E-state index contributed by atoms with van der Waals surface area (Å²) in [4.78, 5) is 30.4. The van der Waals surface area contributed by atoms with Crippen LogP contribution >= 0.6 is 11.3 Å². The Morgan fingerprint density at radius 3 is 3.00 bits per heavy atom. The summed E-state index contributed by atoms with van der Waals surface area (Å²) in [6.07, 6.45) is 3.95. The van der Waals surface area contributed by atoms with E-state index in [2.05, 4.69) is 10.3 Å². The standard InChI is InChI=1S/C18H18N2O3S/c1-10-6-7-11-9-14(23-17(22)12(11)8-10)16(21)20-18-19-13-4-2-3-5-15(13)24-18/h6-8,14H,2-5,9H2,1H3,(H,19,20,21). The van der Waals surface area contributed by atoms with Crippen molar-refractivity contribution in [1.29, 1.82) is 0 Å². The molecule has 0 bridgehead atoms.